The average molecular weight is 418 g/mol. The van der Waals surface area contributed by atoms with Crippen molar-refractivity contribution in [1.82, 2.24) is 0 Å². The lowest BCUT2D eigenvalue weighted by Crippen LogP contribution is -2.30. The van der Waals surface area contributed by atoms with Crippen molar-refractivity contribution in [3.8, 4) is 11.5 Å². The van der Waals surface area contributed by atoms with Gasteiger partial charge in [0.15, 0.2) is 5.60 Å². The zero-order valence-electron chi connectivity index (χ0n) is 16.9. The molecule has 1 aliphatic rings. The molecule has 0 radical (unpaired) electrons. The van der Waals surface area contributed by atoms with Crippen LogP contribution in [0.4, 0.5) is 0 Å². The van der Waals surface area contributed by atoms with Gasteiger partial charge in [0.1, 0.15) is 11.5 Å². The third kappa shape index (κ3) is 2.35. The molecule has 5 aromatic rings. The monoisotopic (exact) mass is 418 g/mol. The summed E-state index contributed by atoms with van der Waals surface area (Å²) in [5.74, 6) is -0.0877. The number of fused-ring (bicyclic) bond motifs is 3. The van der Waals surface area contributed by atoms with E-state index in [9.17, 15) is 15.0 Å². The first-order chi connectivity index (χ1) is 15.6. The second-order valence-electron chi connectivity index (χ2n) is 7.97. The Labute approximate surface area is 183 Å². The Kier molecular flexibility index (Phi) is 3.80. The van der Waals surface area contributed by atoms with Crippen LogP contribution in [0.5, 0.6) is 11.5 Å². The number of aromatic hydroxyl groups is 2. The van der Waals surface area contributed by atoms with E-state index in [0.717, 1.165) is 27.5 Å². The smallest absolute Gasteiger partial charge is 0.340 e. The number of phenols is 2. The molecule has 0 aromatic heterocycles. The van der Waals surface area contributed by atoms with Crippen molar-refractivity contribution in [2.45, 2.75) is 5.60 Å². The van der Waals surface area contributed by atoms with Crippen LogP contribution >= 0.6 is 0 Å². The van der Waals surface area contributed by atoms with E-state index in [1.165, 1.54) is 0 Å². The molecule has 1 aliphatic heterocycles. The molecule has 6 rings (SSSR count). The van der Waals surface area contributed by atoms with Crippen molar-refractivity contribution in [1.29, 1.82) is 0 Å². The molecule has 4 nitrogen and oxygen atoms in total. The minimum absolute atomic E-state index is 0.160. The topological polar surface area (TPSA) is 66.8 Å². The number of carbonyl (C=O) groups excluding carboxylic acids is 1. The molecule has 0 aliphatic carbocycles. The van der Waals surface area contributed by atoms with E-state index in [1.807, 2.05) is 72.8 Å². The van der Waals surface area contributed by atoms with E-state index in [4.69, 9.17) is 4.74 Å². The number of esters is 1. The molecule has 0 amide bonds. The predicted molar refractivity (Wildman–Crippen MR) is 123 cm³/mol. The van der Waals surface area contributed by atoms with Gasteiger partial charge in [-0.05, 0) is 35.0 Å². The zero-order chi connectivity index (χ0) is 21.9. The third-order valence-corrected chi connectivity index (χ3v) is 6.33. The minimum atomic E-state index is -1.24. The molecule has 1 unspecified atom stereocenters. The van der Waals surface area contributed by atoms with E-state index in [-0.39, 0.29) is 11.5 Å². The van der Waals surface area contributed by atoms with Crippen LogP contribution in [0.1, 0.15) is 27.0 Å². The molecule has 1 heterocycles. The van der Waals surface area contributed by atoms with Crippen LogP contribution in [-0.2, 0) is 10.3 Å². The van der Waals surface area contributed by atoms with Gasteiger partial charge in [0.2, 0.25) is 0 Å². The summed E-state index contributed by atoms with van der Waals surface area (Å²) in [6.07, 6.45) is 0. The van der Waals surface area contributed by atoms with Crippen LogP contribution in [0.25, 0.3) is 21.5 Å². The first-order valence-electron chi connectivity index (χ1n) is 10.4. The molecule has 0 spiro atoms. The number of cyclic esters (lactones) is 1. The van der Waals surface area contributed by atoms with Crippen LogP contribution in [0.15, 0.2) is 97.1 Å². The van der Waals surface area contributed by atoms with Crippen molar-refractivity contribution >= 4 is 27.5 Å². The average Bonchev–Trinajstić information content (AvgIpc) is 3.13. The van der Waals surface area contributed by atoms with Crippen LogP contribution in [0.2, 0.25) is 0 Å². The fourth-order valence-corrected chi connectivity index (χ4v) is 4.95. The molecule has 0 fully saturated rings. The van der Waals surface area contributed by atoms with Gasteiger partial charge in [-0.25, -0.2) is 4.79 Å². The normalized spacial score (nSPS) is 17.4. The summed E-state index contributed by atoms with van der Waals surface area (Å²) in [4.78, 5) is 13.1. The fraction of sp³-hybridized carbons (Fsp3) is 0.0357. The molecule has 32 heavy (non-hydrogen) atoms. The Morgan fingerprint density at radius 2 is 1.06 bits per heavy atom. The Hall–Kier alpha value is -4.31. The number of phenolic OH excluding ortho intramolecular Hbond substituents is 2. The number of carbonyl (C=O) groups is 1. The summed E-state index contributed by atoms with van der Waals surface area (Å²) in [5.41, 5.74) is 1.49. The van der Waals surface area contributed by atoms with Gasteiger partial charge < -0.3 is 14.9 Å². The molecule has 0 saturated heterocycles. The summed E-state index contributed by atoms with van der Waals surface area (Å²) in [6.45, 7) is 0. The van der Waals surface area contributed by atoms with E-state index in [0.29, 0.717) is 16.3 Å². The first-order valence-corrected chi connectivity index (χ1v) is 10.4. The minimum Gasteiger partial charge on any atom is -0.507 e. The SMILES string of the molecule is O=C1OC(c2cccc3c(O)cccc23)(c2ccc(O)c3ccccc23)c2ccccc21. The third-order valence-electron chi connectivity index (χ3n) is 6.33. The highest BCUT2D eigenvalue weighted by Gasteiger charge is 2.50. The van der Waals surface area contributed by atoms with Gasteiger partial charge in [-0.2, -0.15) is 0 Å². The Bertz CT molecular complexity index is 1510. The fourth-order valence-electron chi connectivity index (χ4n) is 4.95. The molecule has 0 saturated carbocycles. The van der Waals surface area contributed by atoms with Crippen LogP contribution in [0.3, 0.4) is 0 Å². The Morgan fingerprint density at radius 3 is 1.88 bits per heavy atom. The number of benzene rings is 5. The highest BCUT2D eigenvalue weighted by Crippen LogP contribution is 2.51. The Morgan fingerprint density at radius 1 is 0.531 bits per heavy atom. The quantitative estimate of drug-likeness (QED) is 0.352. The standard InChI is InChI=1S/C28H18O4/c29-25-14-6-10-18-20(25)11-5-13-22(18)28(23-12-4-3-9-21(23)27(31)32-28)24-15-16-26(30)19-8-2-1-7-17(19)24/h1-16,29-30H. The van der Waals surface area contributed by atoms with Gasteiger partial charge in [-0.1, -0.05) is 72.8 Å². The zero-order valence-corrected chi connectivity index (χ0v) is 16.9. The molecule has 1 atom stereocenters. The van der Waals surface area contributed by atoms with Gasteiger partial charge in [0.05, 0.1) is 5.56 Å². The lowest BCUT2D eigenvalue weighted by molar-refractivity contribution is 0.0260. The van der Waals surface area contributed by atoms with Crippen molar-refractivity contribution in [3.63, 3.8) is 0 Å². The summed E-state index contributed by atoms with van der Waals surface area (Å²) in [5, 5.41) is 23.9. The van der Waals surface area contributed by atoms with E-state index < -0.39 is 11.6 Å². The first kappa shape index (κ1) is 18.5. The maximum absolute atomic E-state index is 13.1. The van der Waals surface area contributed by atoms with Gasteiger partial charge >= 0.3 is 5.97 Å². The van der Waals surface area contributed by atoms with E-state index in [1.54, 1.807) is 24.3 Å². The predicted octanol–water partition coefficient (Wildman–Crippen LogP) is 5.87. The van der Waals surface area contributed by atoms with Gasteiger partial charge in [0, 0.05) is 27.5 Å². The van der Waals surface area contributed by atoms with E-state index >= 15 is 0 Å². The number of ether oxygens (including phenoxy) is 1. The Balaban J connectivity index is 1.82. The molecular formula is C28H18O4. The van der Waals surface area contributed by atoms with Crippen LogP contribution in [0, 0.1) is 0 Å². The van der Waals surface area contributed by atoms with Crippen molar-refractivity contribution in [2.24, 2.45) is 0 Å². The summed E-state index contributed by atoms with van der Waals surface area (Å²) >= 11 is 0. The summed E-state index contributed by atoms with van der Waals surface area (Å²) in [7, 11) is 0. The highest BCUT2D eigenvalue weighted by atomic mass is 16.6. The number of hydrogen-bond donors (Lipinski definition) is 2. The molecule has 2 N–H and O–H groups in total. The van der Waals surface area contributed by atoms with Crippen molar-refractivity contribution < 1.29 is 19.7 Å². The maximum atomic E-state index is 13.1. The van der Waals surface area contributed by atoms with Crippen molar-refractivity contribution in [3.05, 3.63) is 119 Å². The molecule has 0 bridgehead atoms. The number of rotatable bonds is 2. The second-order valence-corrected chi connectivity index (χ2v) is 7.97. The molecule has 5 aromatic carbocycles. The van der Waals surface area contributed by atoms with Crippen molar-refractivity contribution in [2.75, 3.05) is 0 Å². The molecule has 154 valence electrons. The largest absolute Gasteiger partial charge is 0.507 e. The highest BCUT2D eigenvalue weighted by molar-refractivity contribution is 6.02. The lowest BCUT2D eigenvalue weighted by Gasteiger charge is -2.32. The van der Waals surface area contributed by atoms with Gasteiger partial charge in [-0.3, -0.25) is 0 Å². The summed E-state index contributed by atoms with van der Waals surface area (Å²) in [6, 6.07) is 29.3. The molecular weight excluding hydrogens is 400 g/mol. The van der Waals surface area contributed by atoms with Gasteiger partial charge in [0.25, 0.3) is 0 Å². The van der Waals surface area contributed by atoms with E-state index in [2.05, 4.69) is 0 Å². The van der Waals surface area contributed by atoms with Crippen LogP contribution < -0.4 is 0 Å². The van der Waals surface area contributed by atoms with Crippen LogP contribution in [-0.4, -0.2) is 16.2 Å². The second kappa shape index (κ2) is 6.59. The summed E-state index contributed by atoms with van der Waals surface area (Å²) < 4.78 is 6.29. The maximum Gasteiger partial charge on any atom is 0.340 e. The molecule has 4 heteroatoms. The number of hydrogen-bond acceptors (Lipinski definition) is 4. The lowest BCUT2D eigenvalue weighted by atomic mass is 9.76. The van der Waals surface area contributed by atoms with Gasteiger partial charge in [-0.15, -0.1) is 0 Å².